The average molecular weight is 204 g/mol. The van der Waals surface area contributed by atoms with Gasteiger partial charge < -0.3 is 10.7 Å². The van der Waals surface area contributed by atoms with E-state index in [0.717, 1.165) is 0 Å². The van der Waals surface area contributed by atoms with Crippen LogP contribution in [0.25, 0.3) is 11.1 Å². The lowest BCUT2D eigenvalue weighted by atomic mass is 10.1. The van der Waals surface area contributed by atoms with E-state index in [1.807, 2.05) is 0 Å². The minimum absolute atomic E-state index is 0.223. The second kappa shape index (κ2) is 3.57. The van der Waals surface area contributed by atoms with Crippen LogP contribution in [0, 0.1) is 5.82 Å². The number of H-pyrrole nitrogens is 1. The second-order valence-electron chi connectivity index (χ2n) is 3.17. The molecule has 0 saturated carbocycles. The van der Waals surface area contributed by atoms with Gasteiger partial charge in [-0.05, 0) is 17.7 Å². The first kappa shape index (κ1) is 9.45. The summed E-state index contributed by atoms with van der Waals surface area (Å²) in [7, 11) is 0. The highest BCUT2D eigenvalue weighted by Crippen LogP contribution is 2.21. The van der Waals surface area contributed by atoms with E-state index in [0.29, 0.717) is 11.1 Å². The highest BCUT2D eigenvalue weighted by molar-refractivity contribution is 5.66. The quantitative estimate of drug-likeness (QED) is 0.743. The Balaban J connectivity index is 2.64. The Kier molecular flexibility index (Phi) is 2.25. The second-order valence-corrected chi connectivity index (χ2v) is 3.17. The van der Waals surface area contributed by atoms with E-state index in [-0.39, 0.29) is 17.2 Å². The third-order valence-corrected chi connectivity index (χ3v) is 2.05. The maximum absolute atomic E-state index is 13.4. The first-order valence-corrected chi connectivity index (χ1v) is 4.41. The van der Waals surface area contributed by atoms with Crippen molar-refractivity contribution in [3.8, 4) is 11.1 Å². The van der Waals surface area contributed by atoms with Crippen molar-refractivity contribution in [3.63, 3.8) is 0 Å². The van der Waals surface area contributed by atoms with Gasteiger partial charge in [-0.3, -0.25) is 4.79 Å². The number of aromatic amines is 1. The average Bonchev–Trinajstić information content (AvgIpc) is 2.16. The van der Waals surface area contributed by atoms with Crippen LogP contribution in [0.4, 0.5) is 10.2 Å². The smallest absolute Gasteiger partial charge is 0.250 e. The van der Waals surface area contributed by atoms with Crippen LogP contribution in [-0.4, -0.2) is 4.98 Å². The van der Waals surface area contributed by atoms with E-state index in [4.69, 9.17) is 5.73 Å². The molecule has 0 radical (unpaired) electrons. The summed E-state index contributed by atoms with van der Waals surface area (Å²) in [5, 5.41) is 0. The van der Waals surface area contributed by atoms with Gasteiger partial charge >= 0.3 is 0 Å². The lowest BCUT2D eigenvalue weighted by Crippen LogP contribution is -2.07. The van der Waals surface area contributed by atoms with Crippen molar-refractivity contribution in [2.75, 3.05) is 5.73 Å². The fourth-order valence-corrected chi connectivity index (χ4v) is 1.42. The van der Waals surface area contributed by atoms with E-state index in [2.05, 4.69) is 4.98 Å². The number of anilines is 1. The SMILES string of the molecule is Nc1cc(-c2ccccc2F)cc(=O)[nH]1. The van der Waals surface area contributed by atoms with Crippen molar-refractivity contribution in [1.82, 2.24) is 4.98 Å². The number of nitrogens with two attached hydrogens (primary N) is 1. The Bertz CT molecular complexity index is 548. The van der Waals surface area contributed by atoms with E-state index >= 15 is 0 Å². The summed E-state index contributed by atoms with van der Waals surface area (Å²) in [6, 6.07) is 9.08. The summed E-state index contributed by atoms with van der Waals surface area (Å²) in [6.07, 6.45) is 0. The number of aromatic nitrogens is 1. The van der Waals surface area contributed by atoms with E-state index in [1.165, 1.54) is 18.2 Å². The van der Waals surface area contributed by atoms with Crippen LogP contribution in [0.5, 0.6) is 0 Å². The highest BCUT2D eigenvalue weighted by Gasteiger charge is 2.04. The topological polar surface area (TPSA) is 58.9 Å². The van der Waals surface area contributed by atoms with Crippen molar-refractivity contribution in [2.24, 2.45) is 0 Å². The molecule has 0 bridgehead atoms. The summed E-state index contributed by atoms with van der Waals surface area (Å²) in [5.74, 6) is -0.150. The third kappa shape index (κ3) is 1.88. The maximum atomic E-state index is 13.4. The molecule has 0 fully saturated rings. The van der Waals surface area contributed by atoms with Crippen molar-refractivity contribution < 1.29 is 4.39 Å². The van der Waals surface area contributed by atoms with Gasteiger partial charge in [0.25, 0.3) is 0 Å². The molecule has 1 heterocycles. The number of nitrogens with one attached hydrogen (secondary N) is 1. The molecule has 0 aliphatic heterocycles. The number of benzene rings is 1. The van der Waals surface area contributed by atoms with Gasteiger partial charge in [-0.15, -0.1) is 0 Å². The zero-order chi connectivity index (χ0) is 10.8. The summed E-state index contributed by atoms with van der Waals surface area (Å²) in [6.45, 7) is 0. The van der Waals surface area contributed by atoms with Crippen LogP contribution < -0.4 is 11.3 Å². The molecule has 1 aromatic heterocycles. The Morgan fingerprint density at radius 1 is 1.20 bits per heavy atom. The maximum Gasteiger partial charge on any atom is 0.250 e. The number of rotatable bonds is 1. The molecule has 2 aromatic rings. The van der Waals surface area contributed by atoms with Crippen LogP contribution in [-0.2, 0) is 0 Å². The van der Waals surface area contributed by atoms with Gasteiger partial charge in [0.15, 0.2) is 0 Å². The van der Waals surface area contributed by atoms with E-state index in [9.17, 15) is 9.18 Å². The van der Waals surface area contributed by atoms with E-state index < -0.39 is 0 Å². The molecule has 2 rings (SSSR count). The number of hydrogen-bond donors (Lipinski definition) is 2. The molecule has 0 spiro atoms. The van der Waals surface area contributed by atoms with Crippen LogP contribution in [0.1, 0.15) is 0 Å². The molecule has 3 nitrogen and oxygen atoms in total. The number of hydrogen-bond acceptors (Lipinski definition) is 2. The first-order chi connectivity index (χ1) is 7.16. The van der Waals surface area contributed by atoms with E-state index in [1.54, 1.807) is 18.2 Å². The van der Waals surface area contributed by atoms with Crippen LogP contribution in [0.2, 0.25) is 0 Å². The predicted molar refractivity (Wildman–Crippen MR) is 56.9 cm³/mol. The number of pyridine rings is 1. The van der Waals surface area contributed by atoms with Crippen molar-refractivity contribution >= 4 is 5.82 Å². The highest BCUT2D eigenvalue weighted by atomic mass is 19.1. The number of halogens is 1. The van der Waals surface area contributed by atoms with Gasteiger partial charge in [0.05, 0.1) is 0 Å². The predicted octanol–water partition coefficient (Wildman–Crippen LogP) is 1.76. The molecule has 1 aromatic carbocycles. The molecule has 76 valence electrons. The summed E-state index contributed by atoms with van der Waals surface area (Å²) < 4.78 is 13.4. The molecule has 0 aliphatic rings. The fraction of sp³-hybridized carbons (Fsp3) is 0. The van der Waals surface area contributed by atoms with Gasteiger partial charge in [0.1, 0.15) is 11.6 Å². The van der Waals surface area contributed by atoms with Crippen LogP contribution in [0.3, 0.4) is 0 Å². The lowest BCUT2D eigenvalue weighted by molar-refractivity contribution is 0.631. The lowest BCUT2D eigenvalue weighted by Gasteiger charge is -2.03. The Morgan fingerprint density at radius 2 is 1.93 bits per heavy atom. The normalized spacial score (nSPS) is 10.2. The van der Waals surface area contributed by atoms with Crippen LogP contribution >= 0.6 is 0 Å². The third-order valence-electron chi connectivity index (χ3n) is 2.05. The molecule has 0 amide bonds. The van der Waals surface area contributed by atoms with Crippen molar-refractivity contribution in [2.45, 2.75) is 0 Å². The largest absolute Gasteiger partial charge is 0.385 e. The molecular weight excluding hydrogens is 195 g/mol. The van der Waals surface area contributed by atoms with Crippen molar-refractivity contribution in [3.05, 3.63) is 52.6 Å². The Labute approximate surface area is 85.4 Å². The zero-order valence-electron chi connectivity index (χ0n) is 7.83. The van der Waals surface area contributed by atoms with Crippen molar-refractivity contribution in [1.29, 1.82) is 0 Å². The van der Waals surface area contributed by atoms with Gasteiger partial charge in [0, 0.05) is 11.6 Å². The molecule has 15 heavy (non-hydrogen) atoms. The standard InChI is InChI=1S/C11H9FN2O/c12-9-4-2-1-3-8(9)7-5-10(13)14-11(15)6-7/h1-6H,(H3,13,14,15). The first-order valence-electron chi connectivity index (χ1n) is 4.41. The minimum atomic E-state index is -0.373. The molecule has 3 N–H and O–H groups in total. The monoisotopic (exact) mass is 204 g/mol. The molecule has 0 unspecified atom stereocenters. The van der Waals surface area contributed by atoms with Gasteiger partial charge in [-0.25, -0.2) is 4.39 Å². The summed E-state index contributed by atoms with van der Waals surface area (Å²) in [5.41, 5.74) is 5.98. The zero-order valence-corrected chi connectivity index (χ0v) is 7.83. The number of nitrogen functional groups attached to an aromatic ring is 1. The molecule has 0 saturated heterocycles. The fourth-order valence-electron chi connectivity index (χ4n) is 1.42. The van der Waals surface area contributed by atoms with Gasteiger partial charge in [-0.2, -0.15) is 0 Å². The van der Waals surface area contributed by atoms with Gasteiger partial charge in [0.2, 0.25) is 5.56 Å². The molecule has 0 atom stereocenters. The minimum Gasteiger partial charge on any atom is -0.385 e. The van der Waals surface area contributed by atoms with Gasteiger partial charge in [-0.1, -0.05) is 18.2 Å². The molecule has 0 aliphatic carbocycles. The summed E-state index contributed by atoms with van der Waals surface area (Å²) >= 11 is 0. The Morgan fingerprint density at radius 3 is 2.60 bits per heavy atom. The Hall–Kier alpha value is -2.10. The molecular formula is C11H9FN2O. The molecule has 4 heteroatoms. The van der Waals surface area contributed by atoms with Crippen LogP contribution in [0.15, 0.2) is 41.2 Å². The summed E-state index contributed by atoms with van der Waals surface area (Å²) in [4.78, 5) is 13.5.